The molecule has 3 aromatic rings. The summed E-state index contributed by atoms with van der Waals surface area (Å²) in [6, 6.07) is 24.7. The molecule has 0 aliphatic rings. The highest BCUT2D eigenvalue weighted by Crippen LogP contribution is 2.11. The zero-order valence-corrected chi connectivity index (χ0v) is 14.9. The summed E-state index contributed by atoms with van der Waals surface area (Å²) in [4.78, 5) is 12.9. The first-order valence-corrected chi connectivity index (χ1v) is 8.48. The third-order valence-electron chi connectivity index (χ3n) is 4.09. The summed E-state index contributed by atoms with van der Waals surface area (Å²) < 4.78 is 0. The van der Waals surface area contributed by atoms with E-state index in [0.29, 0.717) is 11.3 Å². The molecule has 0 radical (unpaired) electrons. The molecule has 128 valence electrons. The molecule has 0 amide bonds. The highest BCUT2D eigenvalue weighted by molar-refractivity contribution is 6.51. The van der Waals surface area contributed by atoms with E-state index in [9.17, 15) is 4.79 Å². The normalized spacial score (nSPS) is 11.7. The molecule has 0 aromatic heterocycles. The molecule has 0 heterocycles. The van der Waals surface area contributed by atoms with Crippen LogP contribution in [0.15, 0.2) is 89.1 Å². The van der Waals surface area contributed by atoms with Gasteiger partial charge in [-0.25, -0.2) is 0 Å². The van der Waals surface area contributed by atoms with Crippen molar-refractivity contribution >= 4 is 17.7 Å². The summed E-state index contributed by atoms with van der Waals surface area (Å²) in [6.07, 6.45) is 1.70. The lowest BCUT2D eigenvalue weighted by atomic mass is 10.0. The van der Waals surface area contributed by atoms with Crippen LogP contribution < -0.4 is 0 Å². The Morgan fingerprint density at radius 3 is 2.08 bits per heavy atom. The van der Waals surface area contributed by atoms with E-state index in [2.05, 4.69) is 22.3 Å². The molecular formula is C23H20N2O. The molecule has 3 rings (SSSR count). The highest BCUT2D eigenvalue weighted by Gasteiger charge is 2.15. The number of carbonyl (C=O) groups excluding carboxylic acids is 1. The first kappa shape index (κ1) is 17.5. The van der Waals surface area contributed by atoms with Crippen LogP contribution in [-0.2, 0) is 0 Å². The Morgan fingerprint density at radius 2 is 1.42 bits per heavy atom. The lowest BCUT2D eigenvalue weighted by Gasteiger charge is -2.05. The third kappa shape index (κ3) is 4.19. The minimum absolute atomic E-state index is 0.144. The van der Waals surface area contributed by atoms with Crippen molar-refractivity contribution in [3.63, 3.8) is 0 Å². The minimum atomic E-state index is -0.144. The molecule has 0 aliphatic carbocycles. The molecule has 0 N–H and O–H groups in total. The Morgan fingerprint density at radius 1 is 0.808 bits per heavy atom. The van der Waals surface area contributed by atoms with Gasteiger partial charge in [0.15, 0.2) is 0 Å². The quantitative estimate of drug-likeness (QED) is 0.366. The molecule has 0 saturated carbocycles. The van der Waals surface area contributed by atoms with Crippen molar-refractivity contribution in [3.8, 4) is 0 Å². The Bertz CT molecular complexity index is 958. The fourth-order valence-corrected chi connectivity index (χ4v) is 2.60. The molecule has 26 heavy (non-hydrogen) atoms. The van der Waals surface area contributed by atoms with Gasteiger partial charge in [-0.2, -0.15) is 5.10 Å². The molecule has 3 aromatic carbocycles. The van der Waals surface area contributed by atoms with E-state index in [1.807, 2.05) is 68.4 Å². The average molecular weight is 340 g/mol. The standard InChI is InChI=1S/C23H20N2O/c1-17-13-14-18(2)21(15-17)16-24-25-22(19-9-5-3-6-10-19)23(26)20-11-7-4-8-12-20/h3-16H,1-2H3/b24-16-,25-22-. The molecule has 0 saturated heterocycles. The Hall–Kier alpha value is -3.33. The SMILES string of the molecule is Cc1ccc(C)c(/C=N\N=C(/C(=O)c2ccccc2)c2ccccc2)c1. The second-order valence-electron chi connectivity index (χ2n) is 6.11. The molecule has 0 atom stereocenters. The lowest BCUT2D eigenvalue weighted by Crippen LogP contribution is -2.15. The van der Waals surface area contributed by atoms with Crippen molar-refractivity contribution < 1.29 is 4.79 Å². The third-order valence-corrected chi connectivity index (χ3v) is 4.09. The van der Waals surface area contributed by atoms with Crippen LogP contribution in [0.5, 0.6) is 0 Å². The van der Waals surface area contributed by atoms with Gasteiger partial charge in [0.25, 0.3) is 0 Å². The van der Waals surface area contributed by atoms with Crippen LogP contribution in [-0.4, -0.2) is 17.7 Å². The van der Waals surface area contributed by atoms with E-state index in [1.54, 1.807) is 18.3 Å². The predicted octanol–water partition coefficient (Wildman–Crippen LogP) is 5.01. The van der Waals surface area contributed by atoms with Crippen LogP contribution in [0, 0.1) is 13.8 Å². The van der Waals surface area contributed by atoms with Gasteiger partial charge in [-0.15, -0.1) is 5.10 Å². The number of hydrogen-bond acceptors (Lipinski definition) is 3. The number of rotatable bonds is 5. The lowest BCUT2D eigenvalue weighted by molar-refractivity contribution is 0.106. The van der Waals surface area contributed by atoms with Gasteiger partial charge in [-0.3, -0.25) is 4.79 Å². The number of hydrogen-bond donors (Lipinski definition) is 0. The minimum Gasteiger partial charge on any atom is -0.287 e. The van der Waals surface area contributed by atoms with Crippen LogP contribution in [0.25, 0.3) is 0 Å². The molecule has 0 bridgehead atoms. The van der Waals surface area contributed by atoms with Gasteiger partial charge in [0.2, 0.25) is 5.78 Å². The van der Waals surface area contributed by atoms with Gasteiger partial charge in [0, 0.05) is 11.1 Å². The summed E-state index contributed by atoms with van der Waals surface area (Å²) in [7, 11) is 0. The number of carbonyl (C=O) groups is 1. The van der Waals surface area contributed by atoms with Gasteiger partial charge < -0.3 is 0 Å². The van der Waals surface area contributed by atoms with Gasteiger partial charge in [0.05, 0.1) is 6.21 Å². The molecule has 0 unspecified atom stereocenters. The zero-order chi connectivity index (χ0) is 18.4. The second-order valence-corrected chi connectivity index (χ2v) is 6.11. The van der Waals surface area contributed by atoms with Crippen LogP contribution >= 0.6 is 0 Å². The number of ketones is 1. The summed E-state index contributed by atoms with van der Waals surface area (Å²) >= 11 is 0. The maximum absolute atomic E-state index is 12.9. The highest BCUT2D eigenvalue weighted by atomic mass is 16.1. The average Bonchev–Trinajstić information content (AvgIpc) is 2.69. The van der Waals surface area contributed by atoms with Gasteiger partial charge in [0.1, 0.15) is 5.71 Å². The zero-order valence-electron chi connectivity index (χ0n) is 14.9. The van der Waals surface area contributed by atoms with Crippen LogP contribution in [0.1, 0.15) is 32.6 Å². The predicted molar refractivity (Wildman–Crippen MR) is 107 cm³/mol. The van der Waals surface area contributed by atoms with E-state index < -0.39 is 0 Å². The van der Waals surface area contributed by atoms with E-state index >= 15 is 0 Å². The Kier molecular flexibility index (Phi) is 5.49. The fraction of sp³-hybridized carbons (Fsp3) is 0.0870. The molecule has 3 heteroatoms. The van der Waals surface area contributed by atoms with Crippen molar-refractivity contribution in [1.82, 2.24) is 0 Å². The van der Waals surface area contributed by atoms with Crippen molar-refractivity contribution in [1.29, 1.82) is 0 Å². The van der Waals surface area contributed by atoms with Crippen LogP contribution in [0.2, 0.25) is 0 Å². The first-order valence-electron chi connectivity index (χ1n) is 8.48. The molecule has 0 aliphatic heterocycles. The molecule has 0 spiro atoms. The van der Waals surface area contributed by atoms with Crippen molar-refractivity contribution in [2.75, 3.05) is 0 Å². The molecule has 0 fully saturated rings. The fourth-order valence-electron chi connectivity index (χ4n) is 2.60. The summed E-state index contributed by atoms with van der Waals surface area (Å²) in [5, 5.41) is 8.48. The first-order chi connectivity index (χ1) is 12.6. The van der Waals surface area contributed by atoms with E-state index in [-0.39, 0.29) is 5.78 Å². The van der Waals surface area contributed by atoms with Crippen molar-refractivity contribution in [2.45, 2.75) is 13.8 Å². The van der Waals surface area contributed by atoms with E-state index in [1.165, 1.54) is 0 Å². The largest absolute Gasteiger partial charge is 0.287 e. The maximum atomic E-state index is 12.9. The van der Waals surface area contributed by atoms with Gasteiger partial charge in [-0.1, -0.05) is 84.4 Å². The van der Waals surface area contributed by atoms with E-state index in [4.69, 9.17) is 0 Å². The summed E-state index contributed by atoms with van der Waals surface area (Å²) in [5.41, 5.74) is 4.94. The summed E-state index contributed by atoms with van der Waals surface area (Å²) in [6.45, 7) is 4.06. The molecule has 3 nitrogen and oxygen atoms in total. The summed E-state index contributed by atoms with van der Waals surface area (Å²) in [5.74, 6) is -0.144. The van der Waals surface area contributed by atoms with Gasteiger partial charge in [-0.05, 0) is 25.0 Å². The second kappa shape index (κ2) is 8.17. The van der Waals surface area contributed by atoms with Gasteiger partial charge >= 0.3 is 0 Å². The van der Waals surface area contributed by atoms with Crippen molar-refractivity contribution in [3.05, 3.63) is 107 Å². The Balaban J connectivity index is 1.98. The van der Waals surface area contributed by atoms with Crippen molar-refractivity contribution in [2.24, 2.45) is 10.2 Å². The monoisotopic (exact) mass is 340 g/mol. The number of Topliss-reactive ketones (excluding diaryl/α,β-unsaturated/α-hetero) is 1. The number of aryl methyl sites for hydroxylation is 2. The van der Waals surface area contributed by atoms with E-state index in [0.717, 1.165) is 22.3 Å². The number of benzene rings is 3. The Labute approximate surface area is 153 Å². The molecular weight excluding hydrogens is 320 g/mol. The van der Waals surface area contributed by atoms with Crippen LogP contribution in [0.4, 0.5) is 0 Å². The topological polar surface area (TPSA) is 41.8 Å². The smallest absolute Gasteiger partial charge is 0.213 e. The number of nitrogens with zero attached hydrogens (tertiary/aromatic N) is 2. The van der Waals surface area contributed by atoms with Crippen LogP contribution in [0.3, 0.4) is 0 Å². The maximum Gasteiger partial charge on any atom is 0.213 e.